The maximum Gasteiger partial charge on any atom is 0.255 e. The number of amides is 1. The molecule has 0 unspecified atom stereocenters. The summed E-state index contributed by atoms with van der Waals surface area (Å²) in [5.74, 6) is -0.264. The Morgan fingerprint density at radius 3 is 2.54 bits per heavy atom. The zero-order valence-corrected chi connectivity index (χ0v) is 14.7. The summed E-state index contributed by atoms with van der Waals surface area (Å²) in [5, 5.41) is 15.7. The third kappa shape index (κ3) is 3.24. The van der Waals surface area contributed by atoms with Crippen LogP contribution in [0.2, 0.25) is 10.0 Å². The number of fused-ring (bicyclic) bond motifs is 1. The van der Waals surface area contributed by atoms with Gasteiger partial charge in [-0.25, -0.2) is 0 Å². The fraction of sp³-hybridized carbons (Fsp3) is 0. The van der Waals surface area contributed by atoms with Gasteiger partial charge in [-0.3, -0.25) is 4.79 Å². The molecule has 0 bridgehead atoms. The van der Waals surface area contributed by atoms with Crippen molar-refractivity contribution in [2.45, 2.75) is 0 Å². The van der Waals surface area contributed by atoms with Crippen molar-refractivity contribution in [3.05, 3.63) is 76.5 Å². The van der Waals surface area contributed by atoms with E-state index in [2.05, 4.69) is 20.6 Å². The van der Waals surface area contributed by atoms with Crippen LogP contribution in [0.1, 0.15) is 10.4 Å². The summed E-state index contributed by atoms with van der Waals surface area (Å²) in [7, 11) is 0. The molecule has 0 spiro atoms. The quantitative estimate of drug-likeness (QED) is 0.570. The molecular weight excluding hydrogens is 373 g/mol. The number of carbonyl (C=O) groups excluding carboxylic acids is 1. The lowest BCUT2D eigenvalue weighted by molar-refractivity contribution is 0.102. The van der Waals surface area contributed by atoms with E-state index >= 15 is 0 Å². The number of carbonyl (C=O) groups is 1. The molecule has 4 rings (SSSR count). The van der Waals surface area contributed by atoms with Crippen molar-refractivity contribution in [2.24, 2.45) is 0 Å². The van der Waals surface area contributed by atoms with Crippen LogP contribution in [-0.2, 0) is 0 Å². The van der Waals surface area contributed by atoms with E-state index in [4.69, 9.17) is 23.2 Å². The van der Waals surface area contributed by atoms with Crippen LogP contribution in [0.25, 0.3) is 16.9 Å². The number of hydrogen-bond donors (Lipinski definition) is 1. The van der Waals surface area contributed by atoms with Gasteiger partial charge in [0, 0.05) is 16.8 Å². The van der Waals surface area contributed by atoms with Crippen LogP contribution >= 0.6 is 23.2 Å². The Bertz CT molecular complexity index is 1110. The summed E-state index contributed by atoms with van der Waals surface area (Å²) in [5.41, 5.74) is 3.46. The fourth-order valence-corrected chi connectivity index (χ4v) is 2.75. The van der Waals surface area contributed by atoms with Crippen molar-refractivity contribution in [3.8, 4) is 11.3 Å². The van der Waals surface area contributed by atoms with Gasteiger partial charge in [0.25, 0.3) is 5.91 Å². The molecule has 2 aromatic heterocycles. The second kappa shape index (κ2) is 6.74. The van der Waals surface area contributed by atoms with Crippen molar-refractivity contribution in [1.29, 1.82) is 0 Å². The van der Waals surface area contributed by atoms with Crippen molar-refractivity contribution < 1.29 is 4.79 Å². The van der Waals surface area contributed by atoms with E-state index < -0.39 is 0 Å². The first-order chi connectivity index (χ1) is 12.6. The molecule has 0 aliphatic rings. The van der Waals surface area contributed by atoms with E-state index in [0.29, 0.717) is 26.9 Å². The van der Waals surface area contributed by atoms with E-state index in [9.17, 15) is 4.79 Å². The van der Waals surface area contributed by atoms with Crippen LogP contribution in [0, 0.1) is 0 Å². The first kappa shape index (κ1) is 16.5. The molecule has 0 atom stereocenters. The number of nitrogens with zero attached hydrogens (tertiary/aromatic N) is 4. The zero-order chi connectivity index (χ0) is 18.1. The molecule has 0 fully saturated rings. The van der Waals surface area contributed by atoms with Crippen LogP contribution < -0.4 is 5.32 Å². The predicted octanol–water partition coefficient (Wildman–Crippen LogP) is 4.35. The van der Waals surface area contributed by atoms with Crippen molar-refractivity contribution >= 4 is 40.4 Å². The van der Waals surface area contributed by atoms with Gasteiger partial charge in [0.1, 0.15) is 6.33 Å². The lowest BCUT2D eigenvalue weighted by Gasteiger charge is -2.07. The minimum atomic E-state index is -0.264. The largest absolute Gasteiger partial charge is 0.322 e. The van der Waals surface area contributed by atoms with Crippen molar-refractivity contribution in [2.75, 3.05) is 5.32 Å². The lowest BCUT2D eigenvalue weighted by Crippen LogP contribution is -2.11. The van der Waals surface area contributed by atoms with Gasteiger partial charge in [-0.1, -0.05) is 35.3 Å². The van der Waals surface area contributed by atoms with Crippen LogP contribution in [-0.4, -0.2) is 25.7 Å². The minimum absolute atomic E-state index is 0.264. The molecule has 128 valence electrons. The fourth-order valence-electron chi connectivity index (χ4n) is 2.45. The Labute approximate surface area is 158 Å². The average Bonchev–Trinajstić information content (AvgIpc) is 3.12. The molecule has 4 aromatic rings. The van der Waals surface area contributed by atoms with E-state index in [-0.39, 0.29) is 5.91 Å². The van der Waals surface area contributed by atoms with E-state index in [1.165, 1.54) is 6.07 Å². The first-order valence-electron chi connectivity index (χ1n) is 7.64. The molecule has 0 radical (unpaired) electrons. The Balaban J connectivity index is 1.53. The van der Waals surface area contributed by atoms with Gasteiger partial charge in [-0.15, -0.1) is 10.2 Å². The summed E-state index contributed by atoms with van der Waals surface area (Å²) in [6.07, 6.45) is 1.55. The third-order valence-electron chi connectivity index (χ3n) is 3.78. The summed E-state index contributed by atoms with van der Waals surface area (Å²) in [6.45, 7) is 0. The molecule has 0 saturated carbocycles. The van der Waals surface area contributed by atoms with Crippen molar-refractivity contribution in [1.82, 2.24) is 19.8 Å². The smallest absolute Gasteiger partial charge is 0.255 e. The highest BCUT2D eigenvalue weighted by molar-refractivity contribution is 6.42. The monoisotopic (exact) mass is 383 g/mol. The highest BCUT2D eigenvalue weighted by Crippen LogP contribution is 2.24. The van der Waals surface area contributed by atoms with E-state index in [0.717, 1.165) is 11.3 Å². The Hall–Kier alpha value is -2.96. The van der Waals surface area contributed by atoms with Gasteiger partial charge in [-0.05, 0) is 42.5 Å². The van der Waals surface area contributed by atoms with Crippen LogP contribution in [0.15, 0.2) is 60.9 Å². The average molecular weight is 384 g/mol. The number of anilines is 1. The second-order valence-corrected chi connectivity index (χ2v) is 6.33. The van der Waals surface area contributed by atoms with Crippen LogP contribution in [0.5, 0.6) is 0 Å². The number of aromatic nitrogens is 4. The number of rotatable bonds is 3. The normalized spacial score (nSPS) is 10.8. The number of hydrogen-bond acceptors (Lipinski definition) is 4. The standard InChI is InChI=1S/C18H11Cl2N5O/c19-14-6-3-12(9-15(14)20)18(26)22-13-4-1-11(2-5-13)16-7-8-17-23-21-10-25(17)24-16/h1-10H,(H,22,26). The topological polar surface area (TPSA) is 72.2 Å². The molecule has 1 N–H and O–H groups in total. The molecule has 0 saturated heterocycles. The summed E-state index contributed by atoms with van der Waals surface area (Å²) in [6, 6.07) is 15.8. The second-order valence-electron chi connectivity index (χ2n) is 5.51. The number of benzene rings is 2. The van der Waals surface area contributed by atoms with Gasteiger partial charge in [-0.2, -0.15) is 9.61 Å². The van der Waals surface area contributed by atoms with Gasteiger partial charge in [0.15, 0.2) is 5.65 Å². The molecule has 0 aliphatic heterocycles. The maximum atomic E-state index is 12.3. The molecule has 0 aliphatic carbocycles. The highest BCUT2D eigenvalue weighted by atomic mass is 35.5. The van der Waals surface area contributed by atoms with Crippen molar-refractivity contribution in [3.63, 3.8) is 0 Å². The summed E-state index contributed by atoms with van der Waals surface area (Å²) in [4.78, 5) is 12.3. The number of halogens is 2. The maximum absolute atomic E-state index is 12.3. The van der Waals surface area contributed by atoms with E-state index in [1.807, 2.05) is 36.4 Å². The Kier molecular flexibility index (Phi) is 4.28. The number of nitrogens with one attached hydrogen (secondary N) is 1. The Morgan fingerprint density at radius 1 is 0.962 bits per heavy atom. The van der Waals surface area contributed by atoms with E-state index in [1.54, 1.807) is 23.0 Å². The van der Waals surface area contributed by atoms with Gasteiger partial charge in [0.2, 0.25) is 0 Å². The molecule has 8 heteroatoms. The summed E-state index contributed by atoms with van der Waals surface area (Å²) < 4.78 is 1.61. The minimum Gasteiger partial charge on any atom is -0.322 e. The van der Waals surface area contributed by atoms with Crippen LogP contribution in [0.4, 0.5) is 5.69 Å². The molecular formula is C18H11Cl2N5O. The molecule has 26 heavy (non-hydrogen) atoms. The molecule has 1 amide bonds. The van der Waals surface area contributed by atoms with Crippen LogP contribution in [0.3, 0.4) is 0 Å². The van der Waals surface area contributed by atoms with Gasteiger partial charge in [0.05, 0.1) is 15.7 Å². The summed E-state index contributed by atoms with van der Waals surface area (Å²) >= 11 is 11.8. The molecule has 6 nitrogen and oxygen atoms in total. The predicted molar refractivity (Wildman–Crippen MR) is 101 cm³/mol. The van der Waals surface area contributed by atoms with Gasteiger partial charge >= 0.3 is 0 Å². The molecule has 2 heterocycles. The lowest BCUT2D eigenvalue weighted by atomic mass is 10.1. The van der Waals surface area contributed by atoms with Gasteiger partial charge < -0.3 is 5.32 Å². The third-order valence-corrected chi connectivity index (χ3v) is 4.52. The molecule has 2 aromatic carbocycles. The SMILES string of the molecule is O=C(Nc1ccc(-c2ccc3nncn3n2)cc1)c1ccc(Cl)c(Cl)c1. The first-order valence-corrected chi connectivity index (χ1v) is 8.40. The Morgan fingerprint density at radius 2 is 1.77 bits per heavy atom. The zero-order valence-electron chi connectivity index (χ0n) is 13.2. The highest BCUT2D eigenvalue weighted by Gasteiger charge is 2.09.